The number of rotatable bonds is 5. The van der Waals surface area contributed by atoms with Gasteiger partial charge in [0, 0.05) is 31.0 Å². The summed E-state index contributed by atoms with van der Waals surface area (Å²) in [6, 6.07) is 8.90. The summed E-state index contributed by atoms with van der Waals surface area (Å²) in [4.78, 5) is 31.0. The number of nitrogens with one attached hydrogen (secondary N) is 2. The van der Waals surface area contributed by atoms with Crippen molar-refractivity contribution in [1.29, 1.82) is 0 Å². The van der Waals surface area contributed by atoms with Crippen molar-refractivity contribution in [3.8, 4) is 0 Å². The van der Waals surface area contributed by atoms with Crippen LogP contribution < -0.4 is 10.6 Å². The Bertz CT molecular complexity index is 519. The molecule has 0 aliphatic heterocycles. The maximum absolute atomic E-state index is 11.7. The zero-order chi connectivity index (χ0) is 14.2. The molecular formula is C14H14N4O2. The zero-order valence-electron chi connectivity index (χ0n) is 10.7. The minimum absolute atomic E-state index is 0.167. The second kappa shape index (κ2) is 6.98. The first kappa shape index (κ1) is 13.7. The first-order chi connectivity index (χ1) is 9.77. The van der Waals surface area contributed by atoms with E-state index in [4.69, 9.17) is 0 Å². The van der Waals surface area contributed by atoms with Crippen LogP contribution in [-0.2, 0) is 0 Å². The van der Waals surface area contributed by atoms with Crippen LogP contribution in [0.2, 0.25) is 0 Å². The Hall–Kier alpha value is -2.76. The van der Waals surface area contributed by atoms with Gasteiger partial charge in [-0.25, -0.2) is 4.98 Å². The fourth-order valence-electron chi connectivity index (χ4n) is 1.55. The number of hydrogen-bond donors (Lipinski definition) is 2. The minimum Gasteiger partial charge on any atom is -0.350 e. The van der Waals surface area contributed by atoms with Gasteiger partial charge < -0.3 is 10.6 Å². The van der Waals surface area contributed by atoms with Gasteiger partial charge in [0.05, 0.1) is 6.20 Å². The Morgan fingerprint density at radius 1 is 0.950 bits per heavy atom. The summed E-state index contributed by atoms with van der Waals surface area (Å²) in [6.07, 6.45) is 4.33. The molecule has 1 heterocycles. The molecule has 0 aliphatic carbocycles. The van der Waals surface area contributed by atoms with Crippen molar-refractivity contribution >= 4 is 11.8 Å². The molecular weight excluding hydrogens is 256 g/mol. The number of hydrogen-bond acceptors (Lipinski definition) is 4. The second-order valence-corrected chi connectivity index (χ2v) is 3.97. The van der Waals surface area contributed by atoms with Crippen LogP contribution in [0, 0.1) is 0 Å². The largest absolute Gasteiger partial charge is 0.350 e. The lowest BCUT2D eigenvalue weighted by Gasteiger charge is -2.06. The molecule has 1 aromatic carbocycles. The summed E-state index contributed by atoms with van der Waals surface area (Å²) < 4.78 is 0. The van der Waals surface area contributed by atoms with E-state index in [1.807, 2.05) is 6.07 Å². The predicted octanol–water partition coefficient (Wildman–Crippen LogP) is 0.636. The van der Waals surface area contributed by atoms with Gasteiger partial charge in [-0.2, -0.15) is 0 Å². The summed E-state index contributed by atoms with van der Waals surface area (Å²) in [5, 5.41) is 5.37. The molecule has 0 aliphatic rings. The van der Waals surface area contributed by atoms with Crippen molar-refractivity contribution in [2.45, 2.75) is 0 Å². The first-order valence-electron chi connectivity index (χ1n) is 6.15. The van der Waals surface area contributed by atoms with E-state index in [2.05, 4.69) is 20.6 Å². The van der Waals surface area contributed by atoms with Gasteiger partial charge in [0.1, 0.15) is 5.69 Å². The van der Waals surface area contributed by atoms with E-state index < -0.39 is 0 Å². The Labute approximate surface area is 116 Å². The summed E-state index contributed by atoms with van der Waals surface area (Å²) in [5.41, 5.74) is 0.842. The normalized spacial score (nSPS) is 9.80. The van der Waals surface area contributed by atoms with Crippen molar-refractivity contribution in [3.05, 3.63) is 60.2 Å². The Morgan fingerprint density at radius 2 is 1.65 bits per heavy atom. The summed E-state index contributed by atoms with van der Waals surface area (Å²) in [5.74, 6) is -0.480. The van der Waals surface area contributed by atoms with Gasteiger partial charge in [0.15, 0.2) is 0 Å². The fourth-order valence-corrected chi connectivity index (χ4v) is 1.55. The van der Waals surface area contributed by atoms with Crippen LogP contribution in [0.15, 0.2) is 48.9 Å². The van der Waals surface area contributed by atoms with Gasteiger partial charge in [0.25, 0.3) is 11.8 Å². The highest BCUT2D eigenvalue weighted by atomic mass is 16.2. The third-order valence-electron chi connectivity index (χ3n) is 2.53. The highest BCUT2D eigenvalue weighted by Gasteiger charge is 2.06. The molecule has 0 unspecified atom stereocenters. The molecule has 0 saturated carbocycles. The monoisotopic (exact) mass is 270 g/mol. The molecule has 0 spiro atoms. The van der Waals surface area contributed by atoms with Gasteiger partial charge in [-0.1, -0.05) is 18.2 Å². The molecule has 1 aromatic heterocycles. The van der Waals surface area contributed by atoms with E-state index >= 15 is 0 Å². The molecule has 102 valence electrons. The van der Waals surface area contributed by atoms with Crippen molar-refractivity contribution in [2.24, 2.45) is 0 Å². The molecule has 0 radical (unpaired) electrons. The van der Waals surface area contributed by atoms with Crippen LogP contribution in [0.4, 0.5) is 0 Å². The van der Waals surface area contributed by atoms with E-state index in [0.717, 1.165) is 0 Å². The van der Waals surface area contributed by atoms with Gasteiger partial charge in [-0.05, 0) is 12.1 Å². The van der Waals surface area contributed by atoms with Gasteiger partial charge in [0.2, 0.25) is 0 Å². The van der Waals surface area contributed by atoms with Crippen molar-refractivity contribution in [1.82, 2.24) is 20.6 Å². The highest BCUT2D eigenvalue weighted by Crippen LogP contribution is 1.97. The van der Waals surface area contributed by atoms with Gasteiger partial charge >= 0.3 is 0 Å². The number of amides is 2. The topological polar surface area (TPSA) is 84.0 Å². The van der Waals surface area contributed by atoms with E-state index in [1.165, 1.54) is 18.6 Å². The molecule has 20 heavy (non-hydrogen) atoms. The maximum Gasteiger partial charge on any atom is 0.271 e. The molecule has 6 nitrogen and oxygen atoms in total. The first-order valence-corrected chi connectivity index (χ1v) is 6.15. The SMILES string of the molecule is O=C(NCCNC(=O)c1cnccn1)c1ccccc1. The lowest BCUT2D eigenvalue weighted by atomic mass is 10.2. The third kappa shape index (κ3) is 3.88. The van der Waals surface area contributed by atoms with Gasteiger partial charge in [-0.15, -0.1) is 0 Å². The molecule has 0 atom stereocenters. The Morgan fingerprint density at radius 3 is 2.30 bits per heavy atom. The number of carbonyl (C=O) groups is 2. The van der Waals surface area contributed by atoms with E-state index in [9.17, 15) is 9.59 Å². The molecule has 2 N–H and O–H groups in total. The van der Waals surface area contributed by atoms with E-state index in [-0.39, 0.29) is 17.5 Å². The molecule has 2 amide bonds. The van der Waals surface area contributed by atoms with E-state index in [0.29, 0.717) is 18.7 Å². The molecule has 2 rings (SSSR count). The molecule has 6 heteroatoms. The predicted molar refractivity (Wildman–Crippen MR) is 73.1 cm³/mol. The van der Waals surface area contributed by atoms with Crippen LogP contribution in [0.1, 0.15) is 20.8 Å². The molecule has 0 saturated heterocycles. The molecule has 0 fully saturated rings. The van der Waals surface area contributed by atoms with Crippen LogP contribution in [0.5, 0.6) is 0 Å². The van der Waals surface area contributed by atoms with Crippen LogP contribution >= 0.6 is 0 Å². The number of nitrogens with zero attached hydrogens (tertiary/aromatic N) is 2. The average molecular weight is 270 g/mol. The number of benzene rings is 1. The minimum atomic E-state index is -0.313. The summed E-state index contributed by atoms with van der Waals surface area (Å²) in [7, 11) is 0. The highest BCUT2D eigenvalue weighted by molar-refractivity contribution is 5.94. The van der Waals surface area contributed by atoms with Crippen molar-refractivity contribution in [3.63, 3.8) is 0 Å². The van der Waals surface area contributed by atoms with Crippen LogP contribution in [-0.4, -0.2) is 34.9 Å². The zero-order valence-corrected chi connectivity index (χ0v) is 10.7. The van der Waals surface area contributed by atoms with Crippen molar-refractivity contribution in [2.75, 3.05) is 13.1 Å². The summed E-state index contributed by atoms with van der Waals surface area (Å²) in [6.45, 7) is 0.674. The summed E-state index contributed by atoms with van der Waals surface area (Å²) >= 11 is 0. The van der Waals surface area contributed by atoms with Crippen LogP contribution in [0.25, 0.3) is 0 Å². The average Bonchev–Trinajstić information content (AvgIpc) is 2.53. The van der Waals surface area contributed by atoms with Crippen molar-refractivity contribution < 1.29 is 9.59 Å². The van der Waals surface area contributed by atoms with E-state index in [1.54, 1.807) is 24.3 Å². The second-order valence-electron chi connectivity index (χ2n) is 3.97. The lowest BCUT2D eigenvalue weighted by molar-refractivity contribution is 0.0925. The smallest absolute Gasteiger partial charge is 0.271 e. The number of aromatic nitrogens is 2. The Kier molecular flexibility index (Phi) is 4.77. The third-order valence-corrected chi connectivity index (χ3v) is 2.53. The fraction of sp³-hybridized carbons (Fsp3) is 0.143. The molecule has 2 aromatic rings. The molecule has 0 bridgehead atoms. The maximum atomic E-state index is 11.7. The van der Waals surface area contributed by atoms with Gasteiger partial charge in [-0.3, -0.25) is 14.6 Å². The van der Waals surface area contributed by atoms with Crippen LogP contribution in [0.3, 0.4) is 0 Å². The Balaban J connectivity index is 1.72. The quantitative estimate of drug-likeness (QED) is 0.781. The number of carbonyl (C=O) groups excluding carboxylic acids is 2. The standard InChI is InChI=1S/C14H14N4O2/c19-13(11-4-2-1-3-5-11)17-8-9-18-14(20)12-10-15-6-7-16-12/h1-7,10H,8-9H2,(H,17,19)(H,18,20). The lowest BCUT2D eigenvalue weighted by Crippen LogP contribution is -2.35.